The lowest BCUT2D eigenvalue weighted by atomic mass is 10.1. The highest BCUT2D eigenvalue weighted by Crippen LogP contribution is 2.38. The second-order valence-corrected chi connectivity index (χ2v) is 5.55. The number of nitrogens with zero attached hydrogens (tertiary/aromatic N) is 3. The van der Waals surface area contributed by atoms with Gasteiger partial charge in [0.05, 0.1) is 13.0 Å². The van der Waals surface area contributed by atoms with Crippen molar-refractivity contribution in [1.29, 1.82) is 0 Å². The molecule has 3 rings (SSSR count). The summed E-state index contributed by atoms with van der Waals surface area (Å²) in [7, 11) is 1.63. The number of pyridine rings is 1. The van der Waals surface area contributed by atoms with Crippen molar-refractivity contribution in [2.45, 2.75) is 32.2 Å². The van der Waals surface area contributed by atoms with E-state index in [9.17, 15) is 0 Å². The summed E-state index contributed by atoms with van der Waals surface area (Å²) in [6.45, 7) is 3.23. The molecule has 1 aliphatic carbocycles. The number of rotatable bonds is 5. The molecule has 2 heterocycles. The third-order valence-electron chi connectivity index (χ3n) is 3.87. The minimum Gasteiger partial charge on any atom is -0.481 e. The Hall–Kier alpha value is -1.29. The average Bonchev–Trinajstić information content (AvgIpc) is 3.22. The Morgan fingerprint density at radius 1 is 1.42 bits per heavy atom. The van der Waals surface area contributed by atoms with Crippen LogP contribution in [0.25, 0.3) is 11.2 Å². The first-order chi connectivity index (χ1) is 9.22. The first-order valence-electron chi connectivity index (χ1n) is 6.69. The van der Waals surface area contributed by atoms with Crippen LogP contribution in [0, 0.1) is 11.8 Å². The molecule has 19 heavy (non-hydrogen) atoms. The molecule has 2 aromatic rings. The van der Waals surface area contributed by atoms with Crippen LogP contribution in [0.3, 0.4) is 0 Å². The normalized spacial score (nSPS) is 16.8. The average molecular weight is 280 g/mol. The second kappa shape index (κ2) is 5.00. The summed E-state index contributed by atoms with van der Waals surface area (Å²) in [4.78, 5) is 9.07. The van der Waals surface area contributed by atoms with E-state index in [1.807, 2.05) is 12.1 Å². The van der Waals surface area contributed by atoms with Crippen LogP contribution in [-0.4, -0.2) is 21.6 Å². The summed E-state index contributed by atoms with van der Waals surface area (Å²) in [6.07, 6.45) is 2.70. The SMILES string of the molecule is COc1ccc2nc(CCl)n(CC(C)C3CC3)c2n1. The van der Waals surface area contributed by atoms with Gasteiger partial charge >= 0.3 is 0 Å². The molecule has 0 bridgehead atoms. The van der Waals surface area contributed by atoms with Crippen LogP contribution in [0.5, 0.6) is 5.88 Å². The minimum atomic E-state index is 0.413. The zero-order valence-corrected chi connectivity index (χ0v) is 12.0. The fourth-order valence-electron chi connectivity index (χ4n) is 2.54. The number of hydrogen-bond acceptors (Lipinski definition) is 3. The fraction of sp³-hybridized carbons (Fsp3) is 0.571. The van der Waals surface area contributed by atoms with Crippen LogP contribution in [-0.2, 0) is 12.4 Å². The van der Waals surface area contributed by atoms with Gasteiger partial charge in [-0.3, -0.25) is 0 Å². The molecule has 0 aromatic carbocycles. The predicted molar refractivity (Wildman–Crippen MR) is 75.5 cm³/mol. The van der Waals surface area contributed by atoms with Gasteiger partial charge in [0.2, 0.25) is 5.88 Å². The van der Waals surface area contributed by atoms with Crippen molar-refractivity contribution in [2.24, 2.45) is 11.8 Å². The Kier molecular flexibility index (Phi) is 3.35. The molecule has 1 aliphatic rings. The number of halogens is 1. The van der Waals surface area contributed by atoms with E-state index in [0.717, 1.165) is 29.5 Å². The molecule has 0 aliphatic heterocycles. The summed E-state index contributed by atoms with van der Waals surface area (Å²) < 4.78 is 7.35. The van der Waals surface area contributed by atoms with Crippen molar-refractivity contribution in [3.8, 4) is 5.88 Å². The number of aromatic nitrogens is 3. The van der Waals surface area contributed by atoms with Crippen LogP contribution < -0.4 is 4.74 Å². The van der Waals surface area contributed by atoms with E-state index in [4.69, 9.17) is 16.3 Å². The number of methoxy groups -OCH3 is 1. The van der Waals surface area contributed by atoms with E-state index in [2.05, 4.69) is 21.5 Å². The van der Waals surface area contributed by atoms with Crippen LogP contribution in [0.1, 0.15) is 25.6 Å². The Morgan fingerprint density at radius 3 is 2.84 bits per heavy atom. The molecule has 1 saturated carbocycles. The first kappa shape index (κ1) is 12.7. The van der Waals surface area contributed by atoms with Crippen molar-refractivity contribution < 1.29 is 4.74 Å². The highest BCUT2D eigenvalue weighted by atomic mass is 35.5. The number of ether oxygens (including phenoxy) is 1. The van der Waals surface area contributed by atoms with Crippen molar-refractivity contribution in [3.63, 3.8) is 0 Å². The maximum Gasteiger partial charge on any atom is 0.215 e. The second-order valence-electron chi connectivity index (χ2n) is 5.28. The van der Waals surface area contributed by atoms with Gasteiger partial charge in [-0.2, -0.15) is 4.98 Å². The van der Waals surface area contributed by atoms with Gasteiger partial charge in [0.1, 0.15) is 11.3 Å². The summed E-state index contributed by atoms with van der Waals surface area (Å²) in [5.74, 6) is 3.42. The zero-order chi connectivity index (χ0) is 13.4. The van der Waals surface area contributed by atoms with Crippen LogP contribution in [0.2, 0.25) is 0 Å². The van der Waals surface area contributed by atoms with Crippen molar-refractivity contribution in [1.82, 2.24) is 14.5 Å². The van der Waals surface area contributed by atoms with E-state index in [1.54, 1.807) is 7.11 Å². The van der Waals surface area contributed by atoms with E-state index in [0.29, 0.717) is 17.7 Å². The number of alkyl halides is 1. The van der Waals surface area contributed by atoms with E-state index >= 15 is 0 Å². The van der Waals surface area contributed by atoms with Crippen LogP contribution in [0.4, 0.5) is 0 Å². The van der Waals surface area contributed by atoms with Crippen LogP contribution in [0.15, 0.2) is 12.1 Å². The molecule has 0 spiro atoms. The summed E-state index contributed by atoms with van der Waals surface area (Å²) >= 11 is 6.01. The molecule has 0 N–H and O–H groups in total. The monoisotopic (exact) mass is 279 g/mol. The quantitative estimate of drug-likeness (QED) is 0.789. The Balaban J connectivity index is 2.02. The molecule has 1 unspecified atom stereocenters. The molecule has 1 atom stereocenters. The van der Waals surface area contributed by atoms with Gasteiger partial charge in [0, 0.05) is 12.6 Å². The third-order valence-corrected chi connectivity index (χ3v) is 4.11. The van der Waals surface area contributed by atoms with Crippen molar-refractivity contribution in [3.05, 3.63) is 18.0 Å². The van der Waals surface area contributed by atoms with Gasteiger partial charge in [-0.05, 0) is 30.7 Å². The van der Waals surface area contributed by atoms with E-state index in [-0.39, 0.29) is 0 Å². The third kappa shape index (κ3) is 2.41. The smallest absolute Gasteiger partial charge is 0.215 e. The summed E-state index contributed by atoms with van der Waals surface area (Å²) in [5, 5.41) is 0. The van der Waals surface area contributed by atoms with E-state index < -0.39 is 0 Å². The number of fused-ring (bicyclic) bond motifs is 1. The molecule has 2 aromatic heterocycles. The minimum absolute atomic E-state index is 0.413. The Bertz CT molecular complexity index is 592. The Labute approximate surface area is 117 Å². The van der Waals surface area contributed by atoms with Crippen molar-refractivity contribution in [2.75, 3.05) is 7.11 Å². The zero-order valence-electron chi connectivity index (χ0n) is 11.3. The standard InChI is InChI=1S/C14H18ClN3O/c1-9(10-3-4-10)8-18-12(7-15)16-11-5-6-13(19-2)17-14(11)18/h5-6,9-10H,3-4,7-8H2,1-2H3. The van der Waals surface area contributed by atoms with Gasteiger partial charge in [-0.25, -0.2) is 4.98 Å². The van der Waals surface area contributed by atoms with Gasteiger partial charge in [-0.1, -0.05) is 6.92 Å². The van der Waals surface area contributed by atoms with E-state index in [1.165, 1.54) is 12.8 Å². The summed E-state index contributed by atoms with van der Waals surface area (Å²) in [5.41, 5.74) is 1.77. The van der Waals surface area contributed by atoms with Gasteiger partial charge in [0.25, 0.3) is 0 Å². The maximum atomic E-state index is 6.01. The van der Waals surface area contributed by atoms with Gasteiger partial charge in [0.15, 0.2) is 5.65 Å². The molecular weight excluding hydrogens is 262 g/mol. The van der Waals surface area contributed by atoms with Gasteiger partial charge in [-0.15, -0.1) is 11.6 Å². The first-order valence-corrected chi connectivity index (χ1v) is 7.22. The highest BCUT2D eigenvalue weighted by Gasteiger charge is 2.29. The maximum absolute atomic E-state index is 6.01. The topological polar surface area (TPSA) is 39.9 Å². The lowest BCUT2D eigenvalue weighted by molar-refractivity contribution is 0.396. The number of hydrogen-bond donors (Lipinski definition) is 0. The molecular formula is C14H18ClN3O. The lowest BCUT2D eigenvalue weighted by Gasteiger charge is -2.13. The lowest BCUT2D eigenvalue weighted by Crippen LogP contribution is -2.12. The highest BCUT2D eigenvalue weighted by molar-refractivity contribution is 6.16. The molecule has 0 amide bonds. The van der Waals surface area contributed by atoms with Gasteiger partial charge < -0.3 is 9.30 Å². The molecule has 5 heteroatoms. The summed E-state index contributed by atoms with van der Waals surface area (Å²) in [6, 6.07) is 3.78. The fourth-order valence-corrected chi connectivity index (χ4v) is 2.75. The largest absolute Gasteiger partial charge is 0.481 e. The Morgan fingerprint density at radius 2 is 2.21 bits per heavy atom. The molecule has 1 fully saturated rings. The van der Waals surface area contributed by atoms with Crippen LogP contribution >= 0.6 is 11.6 Å². The predicted octanol–water partition coefficient (Wildman–Crippen LogP) is 3.22. The molecule has 0 radical (unpaired) electrons. The van der Waals surface area contributed by atoms with Crippen molar-refractivity contribution >= 4 is 22.8 Å². The molecule has 0 saturated heterocycles. The number of imidazole rings is 1. The molecule has 4 nitrogen and oxygen atoms in total. The molecule has 102 valence electrons.